The maximum absolute atomic E-state index is 13.5. The number of hydrogen-bond donors (Lipinski definition) is 0. The number of Topliss-reactive ketones (excluding diaryl/α,β-unsaturated/α-hetero) is 1. The van der Waals surface area contributed by atoms with Gasteiger partial charge >= 0.3 is 5.97 Å². The quantitative estimate of drug-likeness (QED) is 0.593. The van der Waals surface area contributed by atoms with E-state index in [1.807, 2.05) is 55.5 Å². The molecule has 3 atom stereocenters. The van der Waals surface area contributed by atoms with E-state index in [1.165, 1.54) is 0 Å². The lowest BCUT2D eigenvalue weighted by molar-refractivity contribution is -0.146. The molecular weight excluding hydrogens is 418 g/mol. The summed E-state index contributed by atoms with van der Waals surface area (Å²) in [7, 11) is 3.24. The van der Waals surface area contributed by atoms with Crippen LogP contribution in [0.1, 0.15) is 49.7 Å². The number of hydrogen-bond acceptors (Lipinski definition) is 6. The van der Waals surface area contributed by atoms with E-state index in [2.05, 4.69) is 0 Å². The van der Waals surface area contributed by atoms with Gasteiger partial charge in [0.25, 0.3) is 0 Å². The maximum Gasteiger partial charge on any atom is 0.315 e. The smallest absolute Gasteiger partial charge is 0.315 e. The predicted octanol–water partition coefficient (Wildman–Crippen LogP) is 4.84. The molecule has 0 aromatic heterocycles. The van der Waals surface area contributed by atoms with Crippen molar-refractivity contribution in [2.24, 2.45) is 10.9 Å². The van der Waals surface area contributed by atoms with Gasteiger partial charge in [-0.3, -0.25) is 14.6 Å². The van der Waals surface area contributed by atoms with Crippen molar-refractivity contribution in [1.29, 1.82) is 0 Å². The van der Waals surface area contributed by atoms with Crippen LogP contribution in [0.3, 0.4) is 0 Å². The normalized spacial score (nSPS) is 22.4. The van der Waals surface area contributed by atoms with Crippen molar-refractivity contribution >= 4 is 17.5 Å². The minimum atomic E-state index is -0.626. The number of ketones is 1. The summed E-state index contributed by atoms with van der Waals surface area (Å²) < 4.78 is 15.9. The van der Waals surface area contributed by atoms with Crippen molar-refractivity contribution in [2.75, 3.05) is 20.8 Å². The van der Waals surface area contributed by atoms with Crippen LogP contribution in [0.4, 0.5) is 0 Å². The fourth-order valence-corrected chi connectivity index (χ4v) is 4.88. The van der Waals surface area contributed by atoms with E-state index in [-0.39, 0.29) is 24.3 Å². The van der Waals surface area contributed by atoms with Crippen molar-refractivity contribution in [3.63, 3.8) is 0 Å². The van der Waals surface area contributed by atoms with Gasteiger partial charge in [0, 0.05) is 29.3 Å². The molecule has 0 fully saturated rings. The zero-order valence-corrected chi connectivity index (χ0v) is 19.5. The Balaban J connectivity index is 1.76. The molecule has 172 valence electrons. The van der Waals surface area contributed by atoms with Gasteiger partial charge in [-0.1, -0.05) is 24.3 Å². The Morgan fingerprint density at radius 3 is 2.06 bits per heavy atom. The molecule has 1 aliphatic carbocycles. The van der Waals surface area contributed by atoms with Crippen molar-refractivity contribution in [3.8, 4) is 11.5 Å². The van der Waals surface area contributed by atoms with Gasteiger partial charge in [-0.05, 0) is 61.6 Å². The average molecular weight is 448 g/mol. The molecule has 33 heavy (non-hydrogen) atoms. The largest absolute Gasteiger partial charge is 0.497 e. The molecule has 6 heteroatoms. The van der Waals surface area contributed by atoms with Gasteiger partial charge in [-0.15, -0.1) is 0 Å². The number of methoxy groups -OCH3 is 2. The van der Waals surface area contributed by atoms with Crippen LogP contribution >= 0.6 is 0 Å². The minimum absolute atomic E-state index is 0.0310. The molecule has 1 aliphatic heterocycles. The molecular formula is C27H29NO5. The van der Waals surface area contributed by atoms with E-state index >= 15 is 0 Å². The van der Waals surface area contributed by atoms with E-state index < -0.39 is 11.8 Å². The van der Waals surface area contributed by atoms with Gasteiger partial charge in [-0.2, -0.15) is 0 Å². The van der Waals surface area contributed by atoms with Gasteiger partial charge in [0.1, 0.15) is 17.4 Å². The Hall–Kier alpha value is -3.41. The van der Waals surface area contributed by atoms with Crippen LogP contribution in [0.15, 0.2) is 64.8 Å². The van der Waals surface area contributed by atoms with Gasteiger partial charge in [-0.25, -0.2) is 0 Å². The Labute approximate surface area is 194 Å². The Morgan fingerprint density at radius 2 is 1.52 bits per heavy atom. The monoisotopic (exact) mass is 447 g/mol. The number of carbonyl (C=O) groups is 2. The number of ether oxygens (including phenoxy) is 3. The van der Waals surface area contributed by atoms with Gasteiger partial charge in [0.05, 0.1) is 20.8 Å². The van der Waals surface area contributed by atoms with E-state index in [9.17, 15) is 9.59 Å². The predicted molar refractivity (Wildman–Crippen MR) is 126 cm³/mol. The third-order valence-electron chi connectivity index (χ3n) is 6.49. The van der Waals surface area contributed by atoms with Crippen LogP contribution in [-0.2, 0) is 14.3 Å². The number of carbonyl (C=O) groups excluding carboxylic acids is 2. The summed E-state index contributed by atoms with van der Waals surface area (Å²) >= 11 is 0. The zero-order valence-electron chi connectivity index (χ0n) is 19.5. The average Bonchev–Trinajstić information content (AvgIpc) is 2.83. The molecule has 0 N–H and O–H groups in total. The summed E-state index contributed by atoms with van der Waals surface area (Å²) in [5, 5.41) is 0. The summed E-state index contributed by atoms with van der Waals surface area (Å²) in [4.78, 5) is 31.3. The Kier molecular flexibility index (Phi) is 6.63. The van der Waals surface area contributed by atoms with Crippen LogP contribution in [-0.4, -0.2) is 38.3 Å². The zero-order chi connectivity index (χ0) is 23.5. The molecule has 2 aliphatic rings. The van der Waals surface area contributed by atoms with Crippen LogP contribution < -0.4 is 9.47 Å². The van der Waals surface area contributed by atoms with E-state index in [1.54, 1.807) is 21.1 Å². The molecule has 0 radical (unpaired) electrons. The van der Waals surface area contributed by atoms with E-state index in [0.717, 1.165) is 28.3 Å². The second-order valence-corrected chi connectivity index (χ2v) is 8.40. The second-order valence-electron chi connectivity index (χ2n) is 8.40. The van der Waals surface area contributed by atoms with Crippen molar-refractivity contribution in [2.45, 2.75) is 38.5 Å². The number of nitrogens with zero attached hydrogens (tertiary/aromatic N) is 1. The summed E-state index contributed by atoms with van der Waals surface area (Å²) in [5.74, 6) is 0.167. The Bertz CT molecular complexity index is 1100. The molecule has 0 saturated carbocycles. The summed E-state index contributed by atoms with van der Waals surface area (Å²) in [6.45, 7) is 3.91. The molecule has 4 rings (SSSR count). The fraction of sp³-hybridized carbons (Fsp3) is 0.370. The fourth-order valence-electron chi connectivity index (χ4n) is 4.88. The third-order valence-corrected chi connectivity index (χ3v) is 6.49. The van der Waals surface area contributed by atoms with Gasteiger partial charge in [0.15, 0.2) is 5.78 Å². The third kappa shape index (κ3) is 4.42. The van der Waals surface area contributed by atoms with Gasteiger partial charge in [0.2, 0.25) is 0 Å². The molecule has 0 bridgehead atoms. The Morgan fingerprint density at radius 1 is 0.939 bits per heavy atom. The first kappa shape index (κ1) is 22.8. The lowest BCUT2D eigenvalue weighted by atomic mass is 9.69. The molecule has 0 saturated heterocycles. The molecule has 0 spiro atoms. The summed E-state index contributed by atoms with van der Waals surface area (Å²) in [6, 6.07) is 15.4. The highest BCUT2D eigenvalue weighted by Gasteiger charge is 2.44. The second kappa shape index (κ2) is 9.61. The molecule has 0 amide bonds. The van der Waals surface area contributed by atoms with Crippen molar-refractivity contribution in [1.82, 2.24) is 0 Å². The lowest BCUT2D eigenvalue weighted by Crippen LogP contribution is -2.38. The SMILES string of the molecule is CCOC(=O)C1C(C)=NC2=C(C(=O)C[C@H](c3ccc(OC)cc3)C2)[C@H]1c1ccc(OC)cc1. The van der Waals surface area contributed by atoms with Crippen LogP contribution in [0, 0.1) is 5.92 Å². The molecule has 2 aromatic carbocycles. The topological polar surface area (TPSA) is 74.2 Å². The number of rotatable bonds is 6. The maximum atomic E-state index is 13.5. The van der Waals surface area contributed by atoms with Crippen molar-refractivity contribution in [3.05, 3.63) is 70.9 Å². The van der Waals surface area contributed by atoms with Crippen LogP contribution in [0.2, 0.25) is 0 Å². The highest BCUT2D eigenvalue weighted by molar-refractivity contribution is 6.09. The summed E-state index contributed by atoms with van der Waals surface area (Å²) in [5.41, 5.74) is 4.04. The van der Waals surface area contributed by atoms with E-state index in [4.69, 9.17) is 19.2 Å². The van der Waals surface area contributed by atoms with Crippen LogP contribution in [0.5, 0.6) is 11.5 Å². The minimum Gasteiger partial charge on any atom is -0.497 e. The molecule has 2 aromatic rings. The van der Waals surface area contributed by atoms with Gasteiger partial charge < -0.3 is 14.2 Å². The molecule has 1 unspecified atom stereocenters. The molecule has 6 nitrogen and oxygen atoms in total. The van der Waals surface area contributed by atoms with Crippen molar-refractivity contribution < 1.29 is 23.8 Å². The lowest BCUT2D eigenvalue weighted by Gasteiger charge is -2.36. The number of esters is 1. The first-order valence-electron chi connectivity index (χ1n) is 11.2. The van der Waals surface area contributed by atoms with Crippen LogP contribution in [0.25, 0.3) is 0 Å². The van der Waals surface area contributed by atoms with E-state index in [0.29, 0.717) is 24.1 Å². The number of benzene rings is 2. The number of allylic oxidation sites excluding steroid dienone is 2. The molecule has 1 heterocycles. The summed E-state index contributed by atoms with van der Waals surface area (Å²) in [6.07, 6.45) is 1.02. The first-order chi connectivity index (χ1) is 16.0. The highest BCUT2D eigenvalue weighted by Crippen LogP contribution is 2.47. The standard InChI is InChI=1S/C27H29NO5/c1-5-33-27(30)24-16(2)28-22-14-19(17-6-10-20(31-3)11-7-17)15-23(29)26(22)25(24)18-8-12-21(32-4)13-9-18/h6-13,19,24-25H,5,14-15H2,1-4H3/t19-,24?,25+/m1/s1. The highest BCUT2D eigenvalue weighted by atomic mass is 16.5. The number of aliphatic imine (C=N–C) groups is 1. The first-order valence-corrected chi connectivity index (χ1v) is 11.2.